The second kappa shape index (κ2) is 10.1. The van der Waals surface area contributed by atoms with Gasteiger partial charge in [0.1, 0.15) is 0 Å². The van der Waals surface area contributed by atoms with Gasteiger partial charge in [-0.1, -0.05) is 36.2 Å². The first-order chi connectivity index (χ1) is 10.6. The second-order valence-electron chi connectivity index (χ2n) is 6.32. The molecule has 5 heteroatoms. The van der Waals surface area contributed by atoms with Crippen LogP contribution in [0, 0.1) is 13.8 Å². The van der Waals surface area contributed by atoms with E-state index in [9.17, 15) is 0 Å². The average molecular weight is 430 g/mol. The van der Waals surface area contributed by atoms with Crippen LogP contribution in [0.2, 0.25) is 0 Å². The molecule has 1 aliphatic rings. The molecule has 1 fully saturated rings. The quantitative estimate of drug-likeness (QED) is 0.415. The van der Waals surface area contributed by atoms with Crippen LogP contribution in [0.4, 0.5) is 0 Å². The van der Waals surface area contributed by atoms with E-state index in [1.807, 2.05) is 0 Å². The molecule has 0 aromatic heterocycles. The Kier molecular flexibility index (Phi) is 8.91. The Balaban J connectivity index is 0.00000264. The molecule has 1 aliphatic heterocycles. The fraction of sp³-hybridized carbons (Fsp3) is 0.611. The number of rotatable bonds is 6. The van der Waals surface area contributed by atoms with Gasteiger partial charge < -0.3 is 11.1 Å². The Morgan fingerprint density at radius 2 is 2.00 bits per heavy atom. The van der Waals surface area contributed by atoms with Gasteiger partial charge in [-0.2, -0.15) is 0 Å². The minimum absolute atomic E-state index is 0. The lowest BCUT2D eigenvalue weighted by Gasteiger charge is -2.20. The van der Waals surface area contributed by atoms with Crippen molar-refractivity contribution < 1.29 is 0 Å². The molecule has 1 aromatic carbocycles. The lowest BCUT2D eigenvalue weighted by atomic mass is 10.1. The lowest BCUT2D eigenvalue weighted by molar-refractivity contribution is 0.273. The first-order valence-electron chi connectivity index (χ1n) is 8.43. The van der Waals surface area contributed by atoms with Gasteiger partial charge in [0.2, 0.25) is 0 Å². The number of guanidine groups is 1. The topological polar surface area (TPSA) is 53.6 Å². The SMILES string of the molecule is CCN1CCCC1CN=C(N)NCCc1cc(C)cc(C)c1.I. The predicted octanol–water partition coefficient (Wildman–Crippen LogP) is 2.85. The monoisotopic (exact) mass is 430 g/mol. The molecule has 1 saturated heterocycles. The molecule has 0 radical (unpaired) electrons. The molecule has 3 N–H and O–H groups in total. The van der Waals surface area contributed by atoms with E-state index < -0.39 is 0 Å². The third kappa shape index (κ3) is 6.67. The molecule has 1 heterocycles. The van der Waals surface area contributed by atoms with E-state index in [0.29, 0.717) is 12.0 Å². The van der Waals surface area contributed by atoms with Gasteiger partial charge in [-0.3, -0.25) is 9.89 Å². The van der Waals surface area contributed by atoms with E-state index in [1.165, 1.54) is 36.1 Å². The van der Waals surface area contributed by atoms with E-state index in [-0.39, 0.29) is 24.0 Å². The molecule has 2 rings (SSSR count). The number of likely N-dealkylation sites (N-methyl/N-ethyl adjacent to an activating group) is 1. The summed E-state index contributed by atoms with van der Waals surface area (Å²) in [5.41, 5.74) is 9.97. The molecule has 0 aliphatic carbocycles. The van der Waals surface area contributed by atoms with Crippen LogP contribution in [0.15, 0.2) is 23.2 Å². The summed E-state index contributed by atoms with van der Waals surface area (Å²) < 4.78 is 0. The minimum Gasteiger partial charge on any atom is -0.370 e. The maximum Gasteiger partial charge on any atom is 0.188 e. The number of nitrogens with one attached hydrogen (secondary N) is 1. The summed E-state index contributed by atoms with van der Waals surface area (Å²) in [5, 5.41) is 3.24. The zero-order valence-corrected chi connectivity index (χ0v) is 17.0. The Hall–Kier alpha value is -0.820. The van der Waals surface area contributed by atoms with E-state index in [2.05, 4.69) is 54.2 Å². The predicted molar refractivity (Wildman–Crippen MR) is 110 cm³/mol. The van der Waals surface area contributed by atoms with Crippen molar-refractivity contribution in [2.45, 2.75) is 46.1 Å². The number of nitrogens with two attached hydrogens (primary N) is 1. The first kappa shape index (κ1) is 20.2. The summed E-state index contributed by atoms with van der Waals surface area (Å²) in [6, 6.07) is 7.25. The van der Waals surface area contributed by atoms with Crippen LogP contribution >= 0.6 is 24.0 Å². The van der Waals surface area contributed by atoms with Crippen molar-refractivity contribution >= 4 is 29.9 Å². The van der Waals surface area contributed by atoms with Crippen LogP contribution in [0.5, 0.6) is 0 Å². The molecule has 0 amide bonds. The number of hydrogen-bond acceptors (Lipinski definition) is 2. The van der Waals surface area contributed by atoms with Gasteiger partial charge >= 0.3 is 0 Å². The van der Waals surface area contributed by atoms with Crippen molar-refractivity contribution in [2.75, 3.05) is 26.2 Å². The van der Waals surface area contributed by atoms with Crippen molar-refractivity contribution in [3.8, 4) is 0 Å². The van der Waals surface area contributed by atoms with Crippen molar-refractivity contribution in [3.63, 3.8) is 0 Å². The number of likely N-dealkylation sites (tertiary alicyclic amines) is 1. The number of benzene rings is 1. The summed E-state index contributed by atoms with van der Waals surface area (Å²) in [5.74, 6) is 0.576. The average Bonchev–Trinajstić information content (AvgIpc) is 2.91. The molecule has 23 heavy (non-hydrogen) atoms. The lowest BCUT2D eigenvalue weighted by Crippen LogP contribution is -2.36. The third-order valence-electron chi connectivity index (χ3n) is 4.38. The van der Waals surface area contributed by atoms with E-state index >= 15 is 0 Å². The van der Waals surface area contributed by atoms with Crippen molar-refractivity contribution in [1.29, 1.82) is 0 Å². The Morgan fingerprint density at radius 3 is 2.65 bits per heavy atom. The molecule has 4 nitrogen and oxygen atoms in total. The third-order valence-corrected chi connectivity index (χ3v) is 4.38. The first-order valence-corrected chi connectivity index (χ1v) is 8.43. The molecule has 1 aromatic rings. The number of aryl methyl sites for hydroxylation is 2. The van der Waals surface area contributed by atoms with Gasteiger partial charge in [-0.25, -0.2) is 0 Å². The van der Waals surface area contributed by atoms with Crippen LogP contribution in [0.1, 0.15) is 36.5 Å². The van der Waals surface area contributed by atoms with Crippen molar-refractivity contribution in [2.24, 2.45) is 10.7 Å². The van der Waals surface area contributed by atoms with Crippen LogP contribution in [0.3, 0.4) is 0 Å². The van der Waals surface area contributed by atoms with E-state index in [0.717, 1.165) is 26.1 Å². The molecule has 0 bridgehead atoms. The Bertz CT molecular complexity index is 495. The zero-order chi connectivity index (χ0) is 15.9. The molecule has 1 unspecified atom stereocenters. The van der Waals surface area contributed by atoms with Crippen LogP contribution < -0.4 is 11.1 Å². The van der Waals surface area contributed by atoms with Gasteiger partial charge in [0.15, 0.2) is 5.96 Å². The normalized spacial score (nSPS) is 18.7. The largest absolute Gasteiger partial charge is 0.370 e. The highest BCUT2D eigenvalue weighted by Gasteiger charge is 2.22. The van der Waals surface area contributed by atoms with Gasteiger partial charge in [-0.05, 0) is 51.8 Å². The van der Waals surface area contributed by atoms with Crippen LogP contribution in [-0.4, -0.2) is 43.1 Å². The minimum atomic E-state index is 0. The molecule has 130 valence electrons. The summed E-state index contributed by atoms with van der Waals surface area (Å²) in [6.07, 6.45) is 3.50. The zero-order valence-electron chi connectivity index (χ0n) is 14.6. The maximum atomic E-state index is 5.98. The highest BCUT2D eigenvalue weighted by Crippen LogP contribution is 2.16. The molecular weight excluding hydrogens is 399 g/mol. The smallest absolute Gasteiger partial charge is 0.188 e. The fourth-order valence-corrected chi connectivity index (χ4v) is 3.33. The van der Waals surface area contributed by atoms with E-state index in [1.54, 1.807) is 0 Å². The summed E-state index contributed by atoms with van der Waals surface area (Å²) in [6.45, 7) is 10.5. The summed E-state index contributed by atoms with van der Waals surface area (Å²) >= 11 is 0. The number of hydrogen-bond donors (Lipinski definition) is 2. The van der Waals surface area contributed by atoms with Crippen LogP contribution in [-0.2, 0) is 6.42 Å². The summed E-state index contributed by atoms with van der Waals surface area (Å²) in [7, 11) is 0. The van der Waals surface area contributed by atoms with E-state index in [4.69, 9.17) is 5.73 Å². The Labute approximate surface area is 157 Å². The van der Waals surface area contributed by atoms with Gasteiger partial charge in [-0.15, -0.1) is 24.0 Å². The molecule has 1 atom stereocenters. The maximum absolute atomic E-state index is 5.98. The van der Waals surface area contributed by atoms with Crippen molar-refractivity contribution in [3.05, 3.63) is 34.9 Å². The number of nitrogens with zero attached hydrogens (tertiary/aromatic N) is 2. The van der Waals surface area contributed by atoms with Gasteiger partial charge in [0, 0.05) is 12.6 Å². The molecule has 0 spiro atoms. The second-order valence-corrected chi connectivity index (χ2v) is 6.32. The Morgan fingerprint density at radius 1 is 1.30 bits per heavy atom. The standard InChI is InChI=1S/C18H30N4.HI/c1-4-22-9-5-6-17(22)13-21-18(19)20-8-7-16-11-14(2)10-15(3)12-16;/h10-12,17H,4-9,13H2,1-3H3,(H3,19,20,21);1H. The fourth-order valence-electron chi connectivity index (χ4n) is 3.33. The highest BCUT2D eigenvalue weighted by molar-refractivity contribution is 14.0. The number of halogens is 1. The summed E-state index contributed by atoms with van der Waals surface area (Å²) in [4.78, 5) is 7.00. The van der Waals surface area contributed by atoms with Crippen molar-refractivity contribution in [1.82, 2.24) is 10.2 Å². The molecular formula is C18H31IN4. The molecule has 0 saturated carbocycles. The van der Waals surface area contributed by atoms with Gasteiger partial charge in [0.05, 0.1) is 6.54 Å². The highest BCUT2D eigenvalue weighted by atomic mass is 127. The van der Waals surface area contributed by atoms with Crippen LogP contribution in [0.25, 0.3) is 0 Å². The van der Waals surface area contributed by atoms with Gasteiger partial charge in [0.25, 0.3) is 0 Å². The number of aliphatic imine (C=N–C) groups is 1.